The predicted octanol–water partition coefficient (Wildman–Crippen LogP) is 11.5. The van der Waals surface area contributed by atoms with E-state index in [0.29, 0.717) is 5.92 Å². The lowest BCUT2D eigenvalue weighted by atomic mass is 9.80. The van der Waals surface area contributed by atoms with E-state index in [1.807, 2.05) is 6.20 Å². The number of rotatable bonds is 6. The van der Waals surface area contributed by atoms with Crippen molar-refractivity contribution < 1.29 is 0 Å². The Hall–Kier alpha value is -5.74. The molecule has 4 heterocycles. The molecule has 50 heavy (non-hydrogen) atoms. The fourth-order valence-electron chi connectivity index (χ4n) is 7.95. The van der Waals surface area contributed by atoms with E-state index in [0.717, 1.165) is 48.3 Å². The fraction of sp³-hybridized carbons (Fsp3) is 0.174. The Morgan fingerprint density at radius 3 is 2.48 bits per heavy atom. The summed E-state index contributed by atoms with van der Waals surface area (Å²) in [5.41, 5.74) is 18.2. The number of nitrogens with one attached hydrogen (secondary N) is 2. The molecule has 244 valence electrons. The Bertz CT molecular complexity index is 2360. The Morgan fingerprint density at radius 1 is 0.840 bits per heavy atom. The maximum absolute atomic E-state index is 5.43. The molecule has 2 aliphatic heterocycles. The minimum Gasteiger partial charge on any atom is -0.379 e. The van der Waals surface area contributed by atoms with Gasteiger partial charge in [0.1, 0.15) is 0 Å². The van der Waals surface area contributed by atoms with Gasteiger partial charge in [-0.25, -0.2) is 0 Å². The van der Waals surface area contributed by atoms with Gasteiger partial charge >= 0.3 is 0 Å². The highest BCUT2D eigenvalue weighted by Gasteiger charge is 2.25. The van der Waals surface area contributed by atoms with Gasteiger partial charge in [0.15, 0.2) is 0 Å². The number of hydrogen-bond acceptors (Lipinski definition) is 3. The average molecular weight is 649 g/mol. The van der Waals surface area contributed by atoms with Crippen LogP contribution in [0.25, 0.3) is 50.5 Å². The van der Waals surface area contributed by atoms with Crippen LogP contribution in [0.15, 0.2) is 133 Å². The zero-order chi connectivity index (χ0) is 33.6. The van der Waals surface area contributed by atoms with E-state index in [-0.39, 0.29) is 5.92 Å². The van der Waals surface area contributed by atoms with E-state index in [9.17, 15) is 0 Å². The summed E-state index contributed by atoms with van der Waals surface area (Å²) in [6.45, 7) is 5.27. The van der Waals surface area contributed by atoms with Crippen LogP contribution in [-0.2, 0) is 0 Å². The van der Waals surface area contributed by atoms with Crippen LogP contribution in [0.2, 0.25) is 0 Å². The van der Waals surface area contributed by atoms with Gasteiger partial charge in [0, 0.05) is 59.2 Å². The molecule has 0 bridgehead atoms. The van der Waals surface area contributed by atoms with Crippen LogP contribution in [0.4, 0.5) is 5.69 Å². The molecule has 0 fully saturated rings. The molecule has 2 unspecified atom stereocenters. The third-order valence-electron chi connectivity index (χ3n) is 10.6. The molecule has 4 nitrogen and oxygen atoms in total. The van der Waals surface area contributed by atoms with Crippen LogP contribution in [0.1, 0.15) is 72.5 Å². The molecule has 0 amide bonds. The van der Waals surface area contributed by atoms with E-state index >= 15 is 0 Å². The standard InChI is InChI=1S/C46H40N4/c1-29-9-6-7-13-40(29)37-26-43(33-10-4-3-5-11-33)50-44(27-37)38-23-35(31-14-16-32(17-15-31)39-21-30(2)49-28-39)22-36(24-38)42-25-34-12-8-19-47-45(34)46-41(42)18-20-48-46/h3-8,10-18,20,22,24-29,38,47-48H,9,19,21,23H2,1-2H3. The van der Waals surface area contributed by atoms with E-state index in [2.05, 4.69) is 157 Å². The maximum atomic E-state index is 5.43. The van der Waals surface area contributed by atoms with Crippen LogP contribution in [0.5, 0.6) is 0 Å². The van der Waals surface area contributed by atoms with Crippen LogP contribution >= 0.6 is 0 Å². The van der Waals surface area contributed by atoms with Crippen LogP contribution < -0.4 is 5.32 Å². The average Bonchev–Trinajstić information content (AvgIpc) is 3.85. The number of allylic oxidation sites excluding steroid dienone is 9. The Labute approximate surface area is 294 Å². The first-order valence-corrected chi connectivity index (χ1v) is 17.8. The van der Waals surface area contributed by atoms with Crippen molar-refractivity contribution >= 4 is 50.7 Å². The summed E-state index contributed by atoms with van der Waals surface area (Å²) >= 11 is 0. The monoisotopic (exact) mass is 648 g/mol. The number of benzene rings is 3. The number of aromatic amines is 1. The highest BCUT2D eigenvalue weighted by atomic mass is 14.9. The Balaban J connectivity index is 1.20. The van der Waals surface area contributed by atoms with Crippen molar-refractivity contribution in [1.82, 2.24) is 9.97 Å². The SMILES string of the molecule is CC1=NC=C(c2ccc(C3=CC(c4cc5c(c6[nH]ccc46)NCC=C5)=CC(c4cc(C5=CC=CCC5C)cc(-c5ccccc5)n4)C3)cc2)C1. The van der Waals surface area contributed by atoms with Gasteiger partial charge in [0.2, 0.25) is 0 Å². The first kappa shape index (κ1) is 30.3. The maximum Gasteiger partial charge on any atom is 0.0711 e. The zero-order valence-electron chi connectivity index (χ0n) is 28.6. The second-order valence-corrected chi connectivity index (χ2v) is 14.0. The van der Waals surface area contributed by atoms with Gasteiger partial charge in [-0.05, 0) is 94.5 Å². The van der Waals surface area contributed by atoms with Crippen LogP contribution in [0, 0.1) is 5.92 Å². The molecule has 3 aromatic carbocycles. The Morgan fingerprint density at radius 2 is 1.68 bits per heavy atom. The second-order valence-electron chi connectivity index (χ2n) is 14.0. The number of aliphatic imine (C=N–C) groups is 1. The highest BCUT2D eigenvalue weighted by molar-refractivity contribution is 6.06. The highest BCUT2D eigenvalue weighted by Crippen LogP contribution is 2.44. The minimum atomic E-state index is 0.0920. The normalized spacial score (nSPS) is 19.7. The minimum absolute atomic E-state index is 0.0920. The first-order chi connectivity index (χ1) is 24.6. The van der Waals surface area contributed by atoms with E-state index < -0.39 is 0 Å². The van der Waals surface area contributed by atoms with Gasteiger partial charge in [0.25, 0.3) is 0 Å². The summed E-state index contributed by atoms with van der Waals surface area (Å²) in [6.07, 6.45) is 23.0. The number of anilines is 1. The molecule has 0 saturated carbocycles. The number of H-pyrrole nitrogens is 1. The number of pyridine rings is 1. The van der Waals surface area contributed by atoms with Gasteiger partial charge < -0.3 is 10.3 Å². The van der Waals surface area contributed by atoms with Crippen molar-refractivity contribution in [2.24, 2.45) is 10.9 Å². The summed E-state index contributed by atoms with van der Waals surface area (Å²) in [5.74, 6) is 0.544. The molecule has 0 radical (unpaired) electrons. The quantitative estimate of drug-likeness (QED) is 0.192. The largest absolute Gasteiger partial charge is 0.379 e. The molecule has 0 saturated heterocycles. The number of hydrogen-bond donors (Lipinski definition) is 2. The fourth-order valence-corrected chi connectivity index (χ4v) is 7.95. The van der Waals surface area contributed by atoms with Crippen molar-refractivity contribution in [2.45, 2.75) is 39.0 Å². The van der Waals surface area contributed by atoms with Crippen molar-refractivity contribution in [3.63, 3.8) is 0 Å². The van der Waals surface area contributed by atoms with E-state index in [4.69, 9.17) is 4.98 Å². The van der Waals surface area contributed by atoms with Crippen LogP contribution in [-0.4, -0.2) is 22.2 Å². The smallest absolute Gasteiger partial charge is 0.0711 e. The summed E-state index contributed by atoms with van der Waals surface area (Å²) in [7, 11) is 0. The lowest BCUT2D eigenvalue weighted by Gasteiger charge is -2.26. The number of aromatic nitrogens is 2. The number of fused-ring (bicyclic) bond motifs is 3. The Kier molecular flexibility index (Phi) is 7.65. The van der Waals surface area contributed by atoms with Gasteiger partial charge in [0.05, 0.1) is 16.9 Å². The zero-order valence-corrected chi connectivity index (χ0v) is 28.6. The molecule has 2 N–H and O–H groups in total. The molecule has 0 spiro atoms. The lowest BCUT2D eigenvalue weighted by Crippen LogP contribution is -2.09. The van der Waals surface area contributed by atoms with Gasteiger partial charge in [-0.3, -0.25) is 9.98 Å². The second kappa shape index (κ2) is 12.6. The summed E-state index contributed by atoms with van der Waals surface area (Å²) < 4.78 is 0. The van der Waals surface area contributed by atoms with Crippen molar-refractivity contribution in [2.75, 3.05) is 11.9 Å². The summed E-state index contributed by atoms with van der Waals surface area (Å²) in [6, 6.07) is 29.0. The lowest BCUT2D eigenvalue weighted by molar-refractivity contribution is 0.756. The van der Waals surface area contributed by atoms with Gasteiger partial charge in [-0.1, -0.05) is 104 Å². The van der Waals surface area contributed by atoms with Gasteiger partial charge in [-0.15, -0.1) is 0 Å². The third-order valence-corrected chi connectivity index (χ3v) is 10.6. The molecular weight excluding hydrogens is 609 g/mol. The van der Waals surface area contributed by atoms with E-state index in [1.165, 1.54) is 66.9 Å². The van der Waals surface area contributed by atoms with Crippen LogP contribution in [0.3, 0.4) is 0 Å². The van der Waals surface area contributed by atoms with Crippen molar-refractivity contribution in [3.8, 4) is 11.3 Å². The summed E-state index contributed by atoms with van der Waals surface area (Å²) in [5, 5.41) is 4.83. The molecule has 4 heteroatoms. The molecule has 2 aliphatic carbocycles. The summed E-state index contributed by atoms with van der Waals surface area (Å²) in [4.78, 5) is 13.5. The van der Waals surface area contributed by atoms with Crippen molar-refractivity contribution in [3.05, 3.63) is 161 Å². The van der Waals surface area contributed by atoms with Crippen molar-refractivity contribution in [1.29, 1.82) is 0 Å². The molecule has 4 aliphatic rings. The molecule has 2 atom stereocenters. The molecule has 2 aromatic heterocycles. The third kappa shape index (κ3) is 5.61. The molecule has 9 rings (SSSR count). The molecule has 5 aromatic rings. The number of nitrogens with zero attached hydrogens (tertiary/aromatic N) is 2. The first-order valence-electron chi connectivity index (χ1n) is 17.8. The van der Waals surface area contributed by atoms with Gasteiger partial charge in [-0.2, -0.15) is 0 Å². The van der Waals surface area contributed by atoms with E-state index in [1.54, 1.807) is 0 Å². The molecular formula is C46H40N4. The topological polar surface area (TPSA) is 53.1 Å². The predicted molar refractivity (Wildman–Crippen MR) is 212 cm³/mol.